The van der Waals surface area contributed by atoms with Gasteiger partial charge in [-0.2, -0.15) is 0 Å². The molecule has 1 N–H and O–H groups in total. The molecule has 0 bridgehead atoms. The van der Waals surface area contributed by atoms with Gasteiger partial charge >= 0.3 is 0 Å². The topological polar surface area (TPSA) is 61.9 Å². The lowest BCUT2D eigenvalue weighted by Gasteiger charge is -2.36. The van der Waals surface area contributed by atoms with Gasteiger partial charge in [-0.1, -0.05) is 0 Å². The van der Waals surface area contributed by atoms with E-state index in [0.717, 1.165) is 12.8 Å². The highest BCUT2D eigenvalue weighted by Crippen LogP contribution is 2.18. The summed E-state index contributed by atoms with van der Waals surface area (Å²) < 4.78 is 5.62. The lowest BCUT2D eigenvalue weighted by atomic mass is 10.2. The van der Waals surface area contributed by atoms with Crippen LogP contribution in [-0.4, -0.2) is 73.1 Å². The van der Waals surface area contributed by atoms with Gasteiger partial charge in [0.25, 0.3) is 0 Å². The maximum Gasteiger partial charge on any atom is 0.236 e. The largest absolute Gasteiger partial charge is 0.372 e. The molecule has 1 aliphatic carbocycles. The van der Waals surface area contributed by atoms with Gasteiger partial charge < -0.3 is 15.0 Å². The number of hydrogen-bond acceptors (Lipinski definition) is 4. The van der Waals surface area contributed by atoms with Crippen LogP contribution in [-0.2, 0) is 14.3 Å². The molecule has 2 atom stereocenters. The number of likely N-dealkylation sites (N-methyl/N-ethyl adjacent to an activating group) is 1. The molecule has 2 aliphatic rings. The van der Waals surface area contributed by atoms with Crippen molar-refractivity contribution in [2.24, 2.45) is 0 Å². The Kier molecular flexibility index (Phi) is 4.99. The molecule has 0 spiro atoms. The summed E-state index contributed by atoms with van der Waals surface area (Å²) in [4.78, 5) is 27.5. The number of rotatable bonds is 5. The maximum atomic E-state index is 12.2. The van der Waals surface area contributed by atoms with Crippen LogP contribution in [0.3, 0.4) is 0 Å². The Bertz CT molecular complexity index is 361. The molecule has 6 nitrogen and oxygen atoms in total. The van der Waals surface area contributed by atoms with Crippen LogP contribution in [0.2, 0.25) is 0 Å². The molecule has 1 heterocycles. The van der Waals surface area contributed by atoms with E-state index in [9.17, 15) is 9.59 Å². The summed E-state index contributed by atoms with van der Waals surface area (Å²) in [6.45, 7) is 5.76. The average Bonchev–Trinajstić information content (AvgIpc) is 3.10. The number of nitrogens with one attached hydrogen (secondary N) is 1. The van der Waals surface area contributed by atoms with Crippen molar-refractivity contribution in [3.8, 4) is 0 Å². The van der Waals surface area contributed by atoms with Gasteiger partial charge in [-0.3, -0.25) is 14.5 Å². The minimum atomic E-state index is 0.00603. The molecule has 6 heteroatoms. The van der Waals surface area contributed by atoms with Gasteiger partial charge in [-0.25, -0.2) is 0 Å². The molecule has 0 aromatic heterocycles. The zero-order chi connectivity index (χ0) is 14.7. The zero-order valence-corrected chi connectivity index (χ0v) is 12.6. The highest BCUT2D eigenvalue weighted by atomic mass is 16.5. The number of hydrogen-bond donors (Lipinski definition) is 1. The second-order valence-corrected chi connectivity index (χ2v) is 6.07. The standard InChI is InChI=1S/C14H25N3O3/c1-10-6-17(7-11(2)20-10)14(19)9-16(3)8-13(18)15-12-4-5-12/h10-12H,4-9H2,1-3H3,(H,15,18). The molecular formula is C14H25N3O3. The minimum Gasteiger partial charge on any atom is -0.372 e. The van der Waals surface area contributed by atoms with Gasteiger partial charge in [-0.05, 0) is 33.7 Å². The van der Waals surface area contributed by atoms with E-state index in [-0.39, 0.29) is 37.1 Å². The summed E-state index contributed by atoms with van der Waals surface area (Å²) in [5.74, 6) is 0.0697. The van der Waals surface area contributed by atoms with Crippen molar-refractivity contribution < 1.29 is 14.3 Å². The third-order valence-corrected chi connectivity index (χ3v) is 3.53. The van der Waals surface area contributed by atoms with Crippen LogP contribution < -0.4 is 5.32 Å². The summed E-state index contributed by atoms with van der Waals surface area (Å²) in [7, 11) is 1.80. The molecule has 2 rings (SSSR count). The number of carbonyl (C=O) groups is 2. The predicted molar refractivity (Wildman–Crippen MR) is 75.3 cm³/mol. The summed E-state index contributed by atoms with van der Waals surface area (Å²) >= 11 is 0. The van der Waals surface area contributed by atoms with Crippen LogP contribution in [0.25, 0.3) is 0 Å². The second kappa shape index (κ2) is 6.54. The molecule has 0 radical (unpaired) electrons. The third-order valence-electron chi connectivity index (χ3n) is 3.53. The Morgan fingerprint density at radius 1 is 1.20 bits per heavy atom. The fourth-order valence-electron chi connectivity index (χ4n) is 2.51. The second-order valence-electron chi connectivity index (χ2n) is 6.07. The van der Waals surface area contributed by atoms with Crippen molar-refractivity contribution >= 4 is 11.8 Å². The van der Waals surface area contributed by atoms with Crippen LogP contribution in [0, 0.1) is 0 Å². The van der Waals surface area contributed by atoms with Crippen molar-refractivity contribution in [1.29, 1.82) is 0 Å². The number of carbonyl (C=O) groups excluding carboxylic acids is 2. The average molecular weight is 283 g/mol. The van der Waals surface area contributed by atoms with E-state index in [0.29, 0.717) is 19.1 Å². The van der Waals surface area contributed by atoms with Crippen molar-refractivity contribution in [2.75, 3.05) is 33.2 Å². The molecule has 1 saturated carbocycles. The van der Waals surface area contributed by atoms with E-state index in [1.165, 1.54) is 0 Å². The summed E-state index contributed by atoms with van der Waals surface area (Å²) in [6.07, 6.45) is 2.31. The molecule has 20 heavy (non-hydrogen) atoms. The highest BCUT2D eigenvalue weighted by Gasteiger charge is 2.27. The van der Waals surface area contributed by atoms with E-state index >= 15 is 0 Å². The zero-order valence-electron chi connectivity index (χ0n) is 12.6. The van der Waals surface area contributed by atoms with Gasteiger partial charge in [0.1, 0.15) is 0 Å². The lowest BCUT2D eigenvalue weighted by molar-refractivity contribution is -0.144. The maximum absolute atomic E-state index is 12.2. The minimum absolute atomic E-state index is 0.00603. The summed E-state index contributed by atoms with van der Waals surface area (Å²) in [5.41, 5.74) is 0. The molecule has 2 amide bonds. The quantitative estimate of drug-likeness (QED) is 0.761. The van der Waals surface area contributed by atoms with Crippen molar-refractivity contribution in [1.82, 2.24) is 15.1 Å². The lowest BCUT2D eigenvalue weighted by Crippen LogP contribution is -2.51. The van der Waals surface area contributed by atoms with E-state index in [2.05, 4.69) is 5.32 Å². The molecule has 2 fully saturated rings. The van der Waals surface area contributed by atoms with E-state index in [1.54, 1.807) is 11.9 Å². The van der Waals surface area contributed by atoms with Gasteiger partial charge in [0.15, 0.2) is 0 Å². The smallest absolute Gasteiger partial charge is 0.236 e. The SMILES string of the molecule is CC1CN(C(=O)CN(C)CC(=O)NC2CC2)CC(C)O1. The number of amides is 2. The Balaban J connectivity index is 1.73. The summed E-state index contributed by atoms with van der Waals surface area (Å²) in [5, 5.41) is 2.93. The molecule has 2 unspecified atom stereocenters. The van der Waals surface area contributed by atoms with Crippen LogP contribution in [0.15, 0.2) is 0 Å². The fourth-order valence-corrected chi connectivity index (χ4v) is 2.51. The highest BCUT2D eigenvalue weighted by molar-refractivity contribution is 5.81. The number of morpholine rings is 1. The molecular weight excluding hydrogens is 258 g/mol. The fraction of sp³-hybridized carbons (Fsp3) is 0.857. The van der Waals surface area contributed by atoms with Crippen LogP contribution in [0.5, 0.6) is 0 Å². The van der Waals surface area contributed by atoms with Crippen LogP contribution in [0.4, 0.5) is 0 Å². The van der Waals surface area contributed by atoms with Gasteiger partial charge in [0.2, 0.25) is 11.8 Å². The van der Waals surface area contributed by atoms with Crippen molar-refractivity contribution in [2.45, 2.75) is 44.9 Å². The molecule has 0 aromatic carbocycles. The molecule has 1 saturated heterocycles. The Morgan fingerprint density at radius 3 is 2.35 bits per heavy atom. The molecule has 114 valence electrons. The Morgan fingerprint density at radius 2 is 1.80 bits per heavy atom. The van der Waals surface area contributed by atoms with Crippen LogP contribution >= 0.6 is 0 Å². The molecule has 0 aromatic rings. The first-order valence-corrected chi connectivity index (χ1v) is 7.35. The first-order chi connectivity index (χ1) is 9.44. The predicted octanol–water partition coefficient (Wildman–Crippen LogP) is -0.167. The van der Waals surface area contributed by atoms with Crippen LogP contribution in [0.1, 0.15) is 26.7 Å². The van der Waals surface area contributed by atoms with Crippen molar-refractivity contribution in [3.63, 3.8) is 0 Å². The van der Waals surface area contributed by atoms with Crippen molar-refractivity contribution in [3.05, 3.63) is 0 Å². The van der Waals surface area contributed by atoms with Gasteiger partial charge in [-0.15, -0.1) is 0 Å². The van der Waals surface area contributed by atoms with E-state index < -0.39 is 0 Å². The van der Waals surface area contributed by atoms with Gasteiger partial charge in [0.05, 0.1) is 25.3 Å². The monoisotopic (exact) mass is 283 g/mol. The number of nitrogens with zero attached hydrogens (tertiary/aromatic N) is 2. The van der Waals surface area contributed by atoms with E-state index in [4.69, 9.17) is 4.74 Å². The Hall–Kier alpha value is -1.14. The normalized spacial score (nSPS) is 26.7. The Labute approximate surface area is 120 Å². The van der Waals surface area contributed by atoms with Gasteiger partial charge in [0, 0.05) is 19.1 Å². The number of ether oxygens (including phenoxy) is 1. The van der Waals surface area contributed by atoms with E-state index in [1.807, 2.05) is 18.7 Å². The third kappa shape index (κ3) is 4.76. The first kappa shape index (κ1) is 15.3. The molecule has 1 aliphatic heterocycles. The first-order valence-electron chi connectivity index (χ1n) is 7.35. The summed E-state index contributed by atoms with van der Waals surface area (Å²) in [6, 6.07) is 0.368.